The summed E-state index contributed by atoms with van der Waals surface area (Å²) in [5.74, 6) is 0. The minimum atomic E-state index is -3.66. The lowest BCUT2D eigenvalue weighted by atomic mass is 10.2. The third-order valence-corrected chi connectivity index (χ3v) is 4.97. The summed E-state index contributed by atoms with van der Waals surface area (Å²) in [6, 6.07) is 2.58. The number of aliphatic hydroxyl groups excluding tert-OH is 1. The molecule has 18 heavy (non-hydrogen) atoms. The number of sulfonamides is 1. The molecule has 4 N–H and O–H groups in total. The van der Waals surface area contributed by atoms with Crippen LogP contribution in [0.3, 0.4) is 0 Å². The quantitative estimate of drug-likeness (QED) is 0.708. The van der Waals surface area contributed by atoms with E-state index in [1.807, 2.05) is 0 Å². The summed E-state index contributed by atoms with van der Waals surface area (Å²) in [6.45, 7) is 3.26. The lowest BCUT2D eigenvalue weighted by Crippen LogP contribution is -2.37. The van der Waals surface area contributed by atoms with Crippen molar-refractivity contribution in [3.8, 4) is 0 Å². The predicted octanol–water partition coefficient (Wildman–Crippen LogP) is 1.39. The SMILES string of the molecule is CCC(CO)NS(=O)(=O)c1cc(N)c(Br)cc1C. The van der Waals surface area contributed by atoms with Crippen LogP contribution in [0, 0.1) is 6.92 Å². The number of hydrogen-bond acceptors (Lipinski definition) is 4. The van der Waals surface area contributed by atoms with Gasteiger partial charge in [-0.2, -0.15) is 0 Å². The highest BCUT2D eigenvalue weighted by Gasteiger charge is 2.21. The normalized spacial score (nSPS) is 13.6. The number of nitrogen functional groups attached to an aromatic ring is 1. The topological polar surface area (TPSA) is 92.4 Å². The van der Waals surface area contributed by atoms with Crippen molar-refractivity contribution < 1.29 is 13.5 Å². The van der Waals surface area contributed by atoms with E-state index in [0.29, 0.717) is 22.1 Å². The van der Waals surface area contributed by atoms with E-state index in [9.17, 15) is 8.42 Å². The fourth-order valence-electron chi connectivity index (χ4n) is 1.49. The molecule has 7 heteroatoms. The second-order valence-corrected chi connectivity index (χ2v) is 6.58. The number of hydrogen-bond donors (Lipinski definition) is 3. The molecule has 0 saturated heterocycles. The van der Waals surface area contributed by atoms with Crippen molar-refractivity contribution in [1.82, 2.24) is 4.72 Å². The minimum Gasteiger partial charge on any atom is -0.398 e. The molecule has 0 heterocycles. The molecule has 0 radical (unpaired) electrons. The summed E-state index contributed by atoms with van der Waals surface area (Å²) in [4.78, 5) is 0.134. The van der Waals surface area contributed by atoms with Crippen molar-refractivity contribution in [1.29, 1.82) is 0 Å². The molecular weight excluding hydrogens is 320 g/mol. The number of benzene rings is 1. The molecule has 1 atom stereocenters. The van der Waals surface area contributed by atoms with Crippen LogP contribution in [0.15, 0.2) is 21.5 Å². The van der Waals surface area contributed by atoms with Crippen LogP contribution in [-0.2, 0) is 10.0 Å². The number of aryl methyl sites for hydroxylation is 1. The van der Waals surface area contributed by atoms with Gasteiger partial charge in [0, 0.05) is 16.2 Å². The molecular formula is C11H17BrN2O3S. The van der Waals surface area contributed by atoms with E-state index in [-0.39, 0.29) is 11.5 Å². The van der Waals surface area contributed by atoms with E-state index in [1.54, 1.807) is 19.9 Å². The Morgan fingerprint density at radius 3 is 2.61 bits per heavy atom. The van der Waals surface area contributed by atoms with Crippen molar-refractivity contribution in [3.05, 3.63) is 22.2 Å². The first-order valence-corrected chi connectivity index (χ1v) is 7.78. The number of nitrogens with one attached hydrogen (secondary N) is 1. The molecule has 0 saturated carbocycles. The van der Waals surface area contributed by atoms with Gasteiger partial charge in [-0.3, -0.25) is 0 Å². The van der Waals surface area contributed by atoms with E-state index in [0.717, 1.165) is 0 Å². The Bertz CT molecular complexity index is 527. The van der Waals surface area contributed by atoms with Crippen molar-refractivity contribution in [2.24, 2.45) is 0 Å². The van der Waals surface area contributed by atoms with Crippen LogP contribution in [0.5, 0.6) is 0 Å². The zero-order valence-electron chi connectivity index (χ0n) is 10.3. The molecule has 0 aliphatic rings. The van der Waals surface area contributed by atoms with Gasteiger partial charge in [-0.05, 0) is 47.0 Å². The van der Waals surface area contributed by atoms with Crippen molar-refractivity contribution in [2.75, 3.05) is 12.3 Å². The van der Waals surface area contributed by atoms with Gasteiger partial charge in [0.1, 0.15) is 0 Å². The van der Waals surface area contributed by atoms with Crippen molar-refractivity contribution >= 4 is 31.6 Å². The minimum absolute atomic E-state index is 0.134. The summed E-state index contributed by atoms with van der Waals surface area (Å²) in [5.41, 5.74) is 6.65. The Labute approximate surface area is 116 Å². The molecule has 0 aromatic heterocycles. The highest BCUT2D eigenvalue weighted by atomic mass is 79.9. The zero-order valence-corrected chi connectivity index (χ0v) is 12.7. The molecule has 0 fully saturated rings. The van der Waals surface area contributed by atoms with Gasteiger partial charge in [0.2, 0.25) is 10.0 Å². The van der Waals surface area contributed by atoms with Gasteiger partial charge in [-0.25, -0.2) is 13.1 Å². The van der Waals surface area contributed by atoms with Crippen LogP contribution >= 0.6 is 15.9 Å². The van der Waals surface area contributed by atoms with Gasteiger partial charge in [0.25, 0.3) is 0 Å². The van der Waals surface area contributed by atoms with Gasteiger partial charge < -0.3 is 10.8 Å². The van der Waals surface area contributed by atoms with Crippen LogP contribution in [0.4, 0.5) is 5.69 Å². The molecule has 1 aromatic rings. The lowest BCUT2D eigenvalue weighted by Gasteiger charge is -2.16. The van der Waals surface area contributed by atoms with Gasteiger partial charge in [0.15, 0.2) is 0 Å². The predicted molar refractivity (Wildman–Crippen MR) is 74.8 cm³/mol. The van der Waals surface area contributed by atoms with Crippen LogP contribution in [0.1, 0.15) is 18.9 Å². The lowest BCUT2D eigenvalue weighted by molar-refractivity contribution is 0.254. The highest BCUT2D eigenvalue weighted by molar-refractivity contribution is 9.10. The number of halogens is 1. The number of rotatable bonds is 5. The highest BCUT2D eigenvalue weighted by Crippen LogP contribution is 2.26. The summed E-state index contributed by atoms with van der Waals surface area (Å²) in [5, 5.41) is 9.05. The zero-order chi connectivity index (χ0) is 13.9. The number of anilines is 1. The maximum absolute atomic E-state index is 12.2. The molecule has 0 spiro atoms. The average Bonchev–Trinajstić information content (AvgIpc) is 2.30. The van der Waals surface area contributed by atoms with Gasteiger partial charge in [-0.1, -0.05) is 6.92 Å². The molecule has 1 aromatic carbocycles. The van der Waals surface area contributed by atoms with Crippen LogP contribution in [-0.4, -0.2) is 26.2 Å². The number of nitrogens with two attached hydrogens (primary N) is 1. The van der Waals surface area contributed by atoms with Crippen LogP contribution in [0.25, 0.3) is 0 Å². The molecule has 0 bridgehead atoms. The second-order valence-electron chi connectivity index (χ2n) is 4.05. The van der Waals surface area contributed by atoms with E-state index in [2.05, 4.69) is 20.7 Å². The van der Waals surface area contributed by atoms with Crippen LogP contribution in [0.2, 0.25) is 0 Å². The molecule has 1 unspecified atom stereocenters. The summed E-state index contributed by atoms with van der Waals surface area (Å²) >= 11 is 3.24. The summed E-state index contributed by atoms with van der Waals surface area (Å²) in [6.07, 6.45) is 0.515. The van der Waals surface area contributed by atoms with E-state index >= 15 is 0 Å². The second kappa shape index (κ2) is 6.01. The molecule has 102 valence electrons. The maximum Gasteiger partial charge on any atom is 0.241 e. The Morgan fingerprint density at radius 1 is 1.50 bits per heavy atom. The Morgan fingerprint density at radius 2 is 2.11 bits per heavy atom. The molecule has 1 rings (SSSR count). The first-order chi connectivity index (χ1) is 8.31. The summed E-state index contributed by atoms with van der Waals surface area (Å²) in [7, 11) is -3.66. The van der Waals surface area contributed by atoms with Crippen molar-refractivity contribution in [3.63, 3.8) is 0 Å². The Kier molecular flexibility index (Phi) is 5.15. The largest absolute Gasteiger partial charge is 0.398 e. The maximum atomic E-state index is 12.2. The third-order valence-electron chi connectivity index (χ3n) is 2.62. The van der Waals surface area contributed by atoms with E-state index in [4.69, 9.17) is 10.8 Å². The number of aliphatic hydroxyl groups is 1. The third kappa shape index (κ3) is 3.44. The molecule has 0 aliphatic carbocycles. The first-order valence-electron chi connectivity index (χ1n) is 5.50. The first kappa shape index (κ1) is 15.4. The fourth-order valence-corrected chi connectivity index (χ4v) is 3.52. The standard InChI is InChI=1S/C11H17BrN2O3S/c1-3-8(6-15)14-18(16,17)11-5-10(13)9(12)4-7(11)2/h4-5,8,14-15H,3,6,13H2,1-2H3. The molecule has 0 aliphatic heterocycles. The smallest absolute Gasteiger partial charge is 0.241 e. The Hall–Kier alpha value is -0.630. The molecule has 5 nitrogen and oxygen atoms in total. The monoisotopic (exact) mass is 336 g/mol. The van der Waals surface area contributed by atoms with Crippen LogP contribution < -0.4 is 10.5 Å². The van der Waals surface area contributed by atoms with Gasteiger partial charge in [0.05, 0.1) is 11.5 Å². The van der Waals surface area contributed by atoms with Crippen molar-refractivity contribution in [2.45, 2.75) is 31.2 Å². The fraction of sp³-hybridized carbons (Fsp3) is 0.455. The summed E-state index contributed by atoms with van der Waals surface area (Å²) < 4.78 is 27.4. The Balaban J connectivity index is 3.16. The van der Waals surface area contributed by atoms with E-state index < -0.39 is 16.1 Å². The molecule has 0 amide bonds. The average molecular weight is 337 g/mol. The van der Waals surface area contributed by atoms with E-state index in [1.165, 1.54) is 6.07 Å². The van der Waals surface area contributed by atoms with Gasteiger partial charge >= 0.3 is 0 Å². The van der Waals surface area contributed by atoms with Gasteiger partial charge in [-0.15, -0.1) is 0 Å².